The summed E-state index contributed by atoms with van der Waals surface area (Å²) in [6.45, 7) is 4.84. The van der Waals surface area contributed by atoms with Gasteiger partial charge in [0.25, 0.3) is 0 Å². The Balaban J connectivity index is 3.54. The van der Waals surface area contributed by atoms with Crippen LogP contribution in [0.4, 0.5) is 0 Å². The fourth-order valence-corrected chi connectivity index (χ4v) is 7.21. The highest BCUT2D eigenvalue weighted by molar-refractivity contribution is 5.76. The van der Waals surface area contributed by atoms with E-state index in [0.29, 0.717) is 25.9 Å². The van der Waals surface area contributed by atoms with Crippen LogP contribution in [0.5, 0.6) is 0 Å². The lowest BCUT2D eigenvalue weighted by atomic mass is 10.0. The van der Waals surface area contributed by atoms with Crippen molar-refractivity contribution in [1.29, 1.82) is 0 Å². The molecule has 0 heterocycles. The Kier molecular flexibility index (Phi) is 43.7. The maximum absolute atomic E-state index is 12.4. The van der Waals surface area contributed by atoms with Gasteiger partial charge in [0.05, 0.1) is 25.4 Å². The number of carbonyl (C=O) groups is 2. The van der Waals surface area contributed by atoms with Crippen LogP contribution in [0.1, 0.15) is 251 Å². The second kappa shape index (κ2) is 45.0. The van der Waals surface area contributed by atoms with Crippen LogP contribution in [-0.4, -0.2) is 47.4 Å². The van der Waals surface area contributed by atoms with Crippen molar-refractivity contribution in [2.45, 2.75) is 264 Å². The highest BCUT2D eigenvalue weighted by atomic mass is 16.5. The SMILES string of the molecule is CCCCCCC/C=C\CCCCCCCC(=O)OCCCC/C=C\CCCCCCC(=O)NC(CO)C(O)CCCCCCCCCCCCCCCC. The second-order valence-corrected chi connectivity index (χ2v) is 16.4. The van der Waals surface area contributed by atoms with Gasteiger partial charge in [-0.15, -0.1) is 0 Å². The van der Waals surface area contributed by atoms with E-state index in [1.54, 1.807) is 0 Å². The van der Waals surface area contributed by atoms with Gasteiger partial charge in [0, 0.05) is 12.8 Å². The molecule has 2 atom stereocenters. The first kappa shape index (κ1) is 53.3. The van der Waals surface area contributed by atoms with E-state index in [0.717, 1.165) is 77.0 Å². The maximum Gasteiger partial charge on any atom is 0.305 e. The number of rotatable bonds is 44. The third-order valence-electron chi connectivity index (χ3n) is 11.0. The Hall–Kier alpha value is -1.66. The van der Waals surface area contributed by atoms with Crippen molar-refractivity contribution in [2.75, 3.05) is 13.2 Å². The zero-order valence-electron chi connectivity index (χ0n) is 36.7. The Morgan fingerprint density at radius 1 is 0.491 bits per heavy atom. The molecule has 1 amide bonds. The molecule has 324 valence electrons. The van der Waals surface area contributed by atoms with Crippen LogP contribution < -0.4 is 5.32 Å². The molecule has 2 unspecified atom stereocenters. The van der Waals surface area contributed by atoms with E-state index in [1.165, 1.54) is 141 Å². The zero-order valence-corrected chi connectivity index (χ0v) is 36.7. The number of amides is 1. The fraction of sp³-hybridized carbons (Fsp3) is 0.878. The average molecular weight is 776 g/mol. The van der Waals surface area contributed by atoms with Gasteiger partial charge in [0.1, 0.15) is 0 Å². The third-order valence-corrected chi connectivity index (χ3v) is 11.0. The molecule has 0 aliphatic carbocycles. The van der Waals surface area contributed by atoms with Gasteiger partial charge in [0.2, 0.25) is 5.91 Å². The molecule has 0 rings (SSSR count). The van der Waals surface area contributed by atoms with Gasteiger partial charge < -0.3 is 20.3 Å². The Labute approximate surface area is 341 Å². The van der Waals surface area contributed by atoms with Crippen molar-refractivity contribution >= 4 is 11.9 Å². The van der Waals surface area contributed by atoms with E-state index in [4.69, 9.17) is 4.74 Å². The van der Waals surface area contributed by atoms with E-state index in [9.17, 15) is 19.8 Å². The summed E-state index contributed by atoms with van der Waals surface area (Å²) in [4.78, 5) is 24.4. The summed E-state index contributed by atoms with van der Waals surface area (Å²) in [6.07, 6.45) is 51.4. The first-order valence-electron chi connectivity index (χ1n) is 24.1. The summed E-state index contributed by atoms with van der Waals surface area (Å²) in [7, 11) is 0. The molecule has 0 aromatic carbocycles. The summed E-state index contributed by atoms with van der Waals surface area (Å²) < 4.78 is 5.42. The first-order valence-corrected chi connectivity index (χ1v) is 24.1. The largest absolute Gasteiger partial charge is 0.466 e. The van der Waals surface area contributed by atoms with E-state index < -0.39 is 12.1 Å². The Morgan fingerprint density at radius 2 is 0.855 bits per heavy atom. The van der Waals surface area contributed by atoms with Gasteiger partial charge in [-0.25, -0.2) is 0 Å². The molecule has 0 bridgehead atoms. The molecule has 0 aromatic rings. The van der Waals surface area contributed by atoms with Crippen molar-refractivity contribution < 1.29 is 24.5 Å². The molecule has 6 nitrogen and oxygen atoms in total. The van der Waals surface area contributed by atoms with E-state index in [-0.39, 0.29) is 18.5 Å². The zero-order chi connectivity index (χ0) is 40.1. The molecular formula is C49H93NO5. The molecule has 0 saturated carbocycles. The minimum Gasteiger partial charge on any atom is -0.466 e. The number of allylic oxidation sites excluding steroid dienone is 4. The van der Waals surface area contributed by atoms with Gasteiger partial charge in [-0.1, -0.05) is 186 Å². The first-order chi connectivity index (χ1) is 27.0. The van der Waals surface area contributed by atoms with Gasteiger partial charge in [-0.2, -0.15) is 0 Å². The van der Waals surface area contributed by atoms with Crippen LogP contribution >= 0.6 is 0 Å². The number of aliphatic hydroxyl groups excluding tert-OH is 2. The van der Waals surface area contributed by atoms with Gasteiger partial charge in [0.15, 0.2) is 0 Å². The minimum atomic E-state index is -0.685. The van der Waals surface area contributed by atoms with Crippen molar-refractivity contribution in [3.05, 3.63) is 24.3 Å². The molecule has 0 aliphatic heterocycles. The lowest BCUT2D eigenvalue weighted by Gasteiger charge is -2.22. The Bertz CT molecular complexity index is 858. The van der Waals surface area contributed by atoms with E-state index >= 15 is 0 Å². The summed E-state index contributed by atoms with van der Waals surface area (Å²) in [5.41, 5.74) is 0. The molecule has 0 spiro atoms. The topological polar surface area (TPSA) is 95.9 Å². The molecule has 0 aliphatic rings. The number of aliphatic hydroxyl groups is 2. The molecule has 6 heteroatoms. The van der Waals surface area contributed by atoms with Crippen molar-refractivity contribution in [2.24, 2.45) is 0 Å². The number of nitrogens with one attached hydrogen (secondary N) is 1. The number of esters is 1. The fourth-order valence-electron chi connectivity index (χ4n) is 7.21. The van der Waals surface area contributed by atoms with Crippen LogP contribution in [0.2, 0.25) is 0 Å². The van der Waals surface area contributed by atoms with Crippen molar-refractivity contribution in [3.63, 3.8) is 0 Å². The lowest BCUT2D eigenvalue weighted by molar-refractivity contribution is -0.143. The highest BCUT2D eigenvalue weighted by Gasteiger charge is 2.20. The van der Waals surface area contributed by atoms with E-state index in [2.05, 4.69) is 43.5 Å². The Morgan fingerprint density at radius 3 is 1.29 bits per heavy atom. The molecule has 0 radical (unpaired) electrons. The highest BCUT2D eigenvalue weighted by Crippen LogP contribution is 2.15. The molecule has 0 saturated heterocycles. The summed E-state index contributed by atoms with van der Waals surface area (Å²) in [6, 6.07) is -0.566. The number of hydrogen-bond acceptors (Lipinski definition) is 5. The van der Waals surface area contributed by atoms with Gasteiger partial charge in [-0.05, 0) is 77.0 Å². The van der Waals surface area contributed by atoms with Crippen molar-refractivity contribution in [3.8, 4) is 0 Å². The molecule has 55 heavy (non-hydrogen) atoms. The monoisotopic (exact) mass is 776 g/mol. The molecule has 0 aromatic heterocycles. The van der Waals surface area contributed by atoms with Crippen molar-refractivity contribution in [1.82, 2.24) is 5.32 Å². The average Bonchev–Trinajstić information content (AvgIpc) is 3.18. The molecule has 0 fully saturated rings. The summed E-state index contributed by atoms with van der Waals surface area (Å²) in [5, 5.41) is 23.1. The predicted molar refractivity (Wildman–Crippen MR) is 236 cm³/mol. The van der Waals surface area contributed by atoms with Gasteiger partial charge >= 0.3 is 5.97 Å². The van der Waals surface area contributed by atoms with Crippen LogP contribution in [0.15, 0.2) is 24.3 Å². The van der Waals surface area contributed by atoms with Crippen LogP contribution in [0.25, 0.3) is 0 Å². The quantitative estimate of drug-likeness (QED) is 0.0325. The number of unbranched alkanes of at least 4 members (excludes halogenated alkanes) is 29. The third kappa shape index (κ3) is 41.8. The maximum atomic E-state index is 12.4. The number of carbonyl (C=O) groups excluding carboxylic acids is 2. The number of hydrogen-bond donors (Lipinski definition) is 3. The minimum absolute atomic E-state index is 0.0453. The lowest BCUT2D eigenvalue weighted by Crippen LogP contribution is -2.45. The number of ether oxygens (including phenoxy) is 1. The predicted octanol–water partition coefficient (Wildman–Crippen LogP) is 14.0. The van der Waals surface area contributed by atoms with Crippen LogP contribution in [0, 0.1) is 0 Å². The molecular weight excluding hydrogens is 683 g/mol. The van der Waals surface area contributed by atoms with Crippen LogP contribution in [0.3, 0.4) is 0 Å². The normalized spacial score (nSPS) is 12.9. The summed E-state index contributed by atoms with van der Waals surface area (Å²) >= 11 is 0. The second-order valence-electron chi connectivity index (χ2n) is 16.4. The summed E-state index contributed by atoms with van der Waals surface area (Å²) in [5.74, 6) is -0.117. The smallest absolute Gasteiger partial charge is 0.305 e. The van der Waals surface area contributed by atoms with E-state index in [1.807, 2.05) is 0 Å². The molecule has 3 N–H and O–H groups in total. The standard InChI is InChI=1S/C49H93NO5/c1-3-5-7-9-11-13-15-17-19-21-25-29-33-37-41-47(52)46(45-51)50-48(53)42-38-34-30-26-23-24-28-32-36-40-44-55-49(54)43-39-35-31-27-22-20-18-16-14-12-10-8-6-4-2/h16,18,24,28,46-47,51-52H,3-15,17,19-23,25-27,29-45H2,1-2H3,(H,50,53)/b18-16-,28-24-. The van der Waals surface area contributed by atoms with Gasteiger partial charge in [-0.3, -0.25) is 9.59 Å². The van der Waals surface area contributed by atoms with Crippen LogP contribution in [-0.2, 0) is 14.3 Å².